The van der Waals surface area contributed by atoms with Crippen molar-refractivity contribution in [3.05, 3.63) is 17.0 Å². The van der Waals surface area contributed by atoms with Crippen LogP contribution in [0.3, 0.4) is 0 Å². The summed E-state index contributed by atoms with van der Waals surface area (Å²) in [7, 11) is -3.42. The minimum absolute atomic E-state index is 0.0378. The lowest BCUT2D eigenvalue weighted by atomic mass is 9.96. The molecule has 26 heavy (non-hydrogen) atoms. The van der Waals surface area contributed by atoms with Gasteiger partial charge < -0.3 is 9.80 Å². The van der Waals surface area contributed by atoms with Gasteiger partial charge in [-0.05, 0) is 37.9 Å². The Balaban J connectivity index is 1.56. The molecule has 8 heteroatoms. The lowest BCUT2D eigenvalue weighted by Crippen LogP contribution is -2.51. The standard InChI is InChI=1S/C18H29N3O3S2/c1-3-16-5-6-17(25-16)26(23,24)21-9-7-15(8-10-21)18(22)20-13-11-19(4-2)12-14-20/h5-6,15H,3-4,7-14H2,1-2H3. The number of hydrogen-bond acceptors (Lipinski definition) is 5. The molecule has 6 nitrogen and oxygen atoms in total. The number of hydrogen-bond donors (Lipinski definition) is 0. The lowest BCUT2D eigenvalue weighted by molar-refractivity contribution is -0.138. The van der Waals surface area contributed by atoms with Crippen molar-refractivity contribution in [1.29, 1.82) is 0 Å². The molecule has 146 valence electrons. The first-order valence-electron chi connectivity index (χ1n) is 9.55. The Bertz CT molecular complexity index is 716. The van der Waals surface area contributed by atoms with Crippen LogP contribution in [0.1, 0.15) is 31.6 Å². The van der Waals surface area contributed by atoms with Crippen LogP contribution in [0.4, 0.5) is 0 Å². The van der Waals surface area contributed by atoms with Crippen molar-refractivity contribution in [2.45, 2.75) is 37.3 Å². The number of piperidine rings is 1. The van der Waals surface area contributed by atoms with Crippen LogP contribution in [0, 0.1) is 5.92 Å². The molecular weight excluding hydrogens is 370 g/mol. The molecule has 2 fully saturated rings. The summed E-state index contributed by atoms with van der Waals surface area (Å²) in [4.78, 5) is 18.2. The van der Waals surface area contributed by atoms with Crippen LogP contribution in [-0.2, 0) is 21.2 Å². The number of carbonyl (C=O) groups is 1. The fourth-order valence-electron chi connectivity index (χ4n) is 3.70. The van der Waals surface area contributed by atoms with E-state index in [4.69, 9.17) is 0 Å². The fraction of sp³-hybridized carbons (Fsp3) is 0.722. The minimum atomic E-state index is -3.42. The number of nitrogens with zero attached hydrogens (tertiary/aromatic N) is 3. The Hall–Kier alpha value is -0.960. The van der Waals surface area contributed by atoms with Crippen LogP contribution in [0.2, 0.25) is 0 Å². The van der Waals surface area contributed by atoms with E-state index in [1.165, 1.54) is 11.3 Å². The summed E-state index contributed by atoms with van der Waals surface area (Å²) in [5.74, 6) is 0.173. The average molecular weight is 400 g/mol. The Morgan fingerprint density at radius 1 is 1.08 bits per heavy atom. The second kappa shape index (κ2) is 8.37. The summed E-state index contributed by atoms with van der Waals surface area (Å²) in [6, 6.07) is 3.60. The normalized spacial score (nSPS) is 21.2. The van der Waals surface area contributed by atoms with E-state index in [-0.39, 0.29) is 11.8 Å². The molecule has 3 heterocycles. The van der Waals surface area contributed by atoms with E-state index in [0.717, 1.165) is 44.0 Å². The van der Waals surface area contributed by atoms with Crippen LogP contribution in [0.25, 0.3) is 0 Å². The molecule has 0 atom stereocenters. The van der Waals surface area contributed by atoms with Gasteiger partial charge in [-0.15, -0.1) is 11.3 Å². The van der Waals surface area contributed by atoms with Crippen LogP contribution in [0.5, 0.6) is 0 Å². The van der Waals surface area contributed by atoms with Gasteiger partial charge in [-0.3, -0.25) is 4.79 Å². The van der Waals surface area contributed by atoms with E-state index in [1.54, 1.807) is 10.4 Å². The molecule has 0 aliphatic carbocycles. The maximum atomic E-state index is 12.8. The molecule has 0 unspecified atom stereocenters. The summed E-state index contributed by atoms with van der Waals surface area (Å²) in [6.07, 6.45) is 2.10. The van der Waals surface area contributed by atoms with Crippen LogP contribution in [0.15, 0.2) is 16.3 Å². The van der Waals surface area contributed by atoms with Crippen LogP contribution < -0.4 is 0 Å². The smallest absolute Gasteiger partial charge is 0.252 e. The molecule has 2 saturated heterocycles. The number of aryl methyl sites for hydroxylation is 1. The van der Waals surface area contributed by atoms with E-state index in [1.807, 2.05) is 17.9 Å². The van der Waals surface area contributed by atoms with Gasteiger partial charge in [0.2, 0.25) is 5.91 Å². The number of sulfonamides is 1. The molecule has 0 N–H and O–H groups in total. The monoisotopic (exact) mass is 399 g/mol. The van der Waals surface area contributed by atoms with Gasteiger partial charge in [-0.1, -0.05) is 13.8 Å². The summed E-state index contributed by atoms with van der Waals surface area (Å²) in [5, 5.41) is 0. The molecule has 0 radical (unpaired) electrons. The average Bonchev–Trinajstić information content (AvgIpc) is 3.18. The summed E-state index contributed by atoms with van der Waals surface area (Å²) in [5.41, 5.74) is 0. The highest BCUT2D eigenvalue weighted by Gasteiger charge is 2.35. The second-order valence-electron chi connectivity index (χ2n) is 7.01. The first kappa shape index (κ1) is 19.8. The third-order valence-corrected chi connectivity index (χ3v) is 9.11. The van der Waals surface area contributed by atoms with Crippen molar-refractivity contribution >= 4 is 27.3 Å². The second-order valence-corrected chi connectivity index (χ2v) is 10.3. The maximum absolute atomic E-state index is 12.8. The Labute approximate surface area is 160 Å². The fourth-order valence-corrected chi connectivity index (χ4v) is 6.62. The highest BCUT2D eigenvalue weighted by Crippen LogP contribution is 2.29. The number of amides is 1. The largest absolute Gasteiger partial charge is 0.340 e. The predicted molar refractivity (Wildman–Crippen MR) is 104 cm³/mol. The van der Waals surface area contributed by atoms with Crippen LogP contribution >= 0.6 is 11.3 Å². The molecule has 0 bridgehead atoms. The molecule has 0 saturated carbocycles. The van der Waals surface area contributed by atoms with E-state index in [0.29, 0.717) is 30.1 Å². The molecular formula is C18H29N3O3S2. The van der Waals surface area contributed by atoms with Crippen molar-refractivity contribution in [2.75, 3.05) is 45.8 Å². The van der Waals surface area contributed by atoms with Gasteiger partial charge in [0, 0.05) is 50.1 Å². The van der Waals surface area contributed by atoms with Crippen molar-refractivity contribution in [3.63, 3.8) is 0 Å². The minimum Gasteiger partial charge on any atom is -0.340 e. The maximum Gasteiger partial charge on any atom is 0.252 e. The molecule has 1 aromatic heterocycles. The van der Waals surface area contributed by atoms with Crippen molar-refractivity contribution in [1.82, 2.24) is 14.1 Å². The van der Waals surface area contributed by atoms with Gasteiger partial charge in [0.1, 0.15) is 4.21 Å². The zero-order chi connectivity index (χ0) is 18.7. The third-order valence-electron chi connectivity index (χ3n) is 5.51. The van der Waals surface area contributed by atoms with Crippen molar-refractivity contribution in [2.24, 2.45) is 5.92 Å². The highest BCUT2D eigenvalue weighted by molar-refractivity contribution is 7.91. The Morgan fingerprint density at radius 3 is 2.27 bits per heavy atom. The third kappa shape index (κ3) is 4.13. The van der Waals surface area contributed by atoms with Gasteiger partial charge in [0.05, 0.1) is 0 Å². The molecule has 0 aromatic carbocycles. The van der Waals surface area contributed by atoms with Gasteiger partial charge in [-0.25, -0.2) is 8.42 Å². The Morgan fingerprint density at radius 2 is 1.73 bits per heavy atom. The van der Waals surface area contributed by atoms with E-state index < -0.39 is 10.0 Å². The highest BCUT2D eigenvalue weighted by atomic mass is 32.2. The topological polar surface area (TPSA) is 60.9 Å². The number of carbonyl (C=O) groups excluding carboxylic acids is 1. The molecule has 2 aliphatic rings. The molecule has 1 amide bonds. The van der Waals surface area contributed by atoms with E-state index in [2.05, 4.69) is 11.8 Å². The van der Waals surface area contributed by atoms with Crippen molar-refractivity contribution in [3.8, 4) is 0 Å². The first-order chi connectivity index (χ1) is 12.5. The predicted octanol–water partition coefficient (Wildman–Crippen LogP) is 1.88. The SMILES string of the molecule is CCc1ccc(S(=O)(=O)N2CCC(C(=O)N3CCN(CC)CC3)CC2)s1. The van der Waals surface area contributed by atoms with Gasteiger partial charge in [0.25, 0.3) is 10.0 Å². The number of likely N-dealkylation sites (N-methyl/N-ethyl adjacent to an activating group) is 1. The molecule has 0 spiro atoms. The van der Waals surface area contributed by atoms with E-state index in [9.17, 15) is 13.2 Å². The molecule has 1 aromatic rings. The van der Waals surface area contributed by atoms with Gasteiger partial charge in [0.15, 0.2) is 0 Å². The number of piperazine rings is 1. The lowest BCUT2D eigenvalue weighted by Gasteiger charge is -2.38. The molecule has 3 rings (SSSR count). The van der Waals surface area contributed by atoms with Gasteiger partial charge in [-0.2, -0.15) is 4.31 Å². The van der Waals surface area contributed by atoms with Gasteiger partial charge >= 0.3 is 0 Å². The van der Waals surface area contributed by atoms with E-state index >= 15 is 0 Å². The zero-order valence-electron chi connectivity index (χ0n) is 15.7. The number of thiophene rings is 1. The first-order valence-corrected chi connectivity index (χ1v) is 11.8. The number of rotatable bonds is 5. The van der Waals surface area contributed by atoms with Crippen molar-refractivity contribution < 1.29 is 13.2 Å². The summed E-state index contributed by atoms with van der Waals surface area (Å²) >= 11 is 1.36. The summed E-state index contributed by atoms with van der Waals surface area (Å²) in [6.45, 7) is 9.53. The Kier molecular flexibility index (Phi) is 6.37. The van der Waals surface area contributed by atoms with Crippen LogP contribution in [-0.4, -0.2) is 74.2 Å². The zero-order valence-corrected chi connectivity index (χ0v) is 17.3. The quantitative estimate of drug-likeness (QED) is 0.758. The summed E-state index contributed by atoms with van der Waals surface area (Å²) < 4.78 is 27.6. The molecule has 2 aliphatic heterocycles.